The first-order valence-electron chi connectivity index (χ1n) is 8.00. The van der Waals surface area contributed by atoms with Gasteiger partial charge in [-0.3, -0.25) is 9.59 Å². The first-order chi connectivity index (χ1) is 11.5. The van der Waals surface area contributed by atoms with E-state index in [4.69, 9.17) is 11.6 Å². The highest BCUT2D eigenvalue weighted by Crippen LogP contribution is 2.25. The van der Waals surface area contributed by atoms with Crippen molar-refractivity contribution < 1.29 is 9.59 Å². The number of hydrogen-bond donors (Lipinski definition) is 2. The minimum atomic E-state index is -0.451. The molecule has 5 heteroatoms. The maximum atomic E-state index is 12.5. The molecule has 2 aromatic carbocycles. The molecule has 3 rings (SSSR count). The summed E-state index contributed by atoms with van der Waals surface area (Å²) in [6.45, 7) is 2.63. The molecule has 0 aliphatic carbocycles. The smallest absolute Gasteiger partial charge is 0.251 e. The summed E-state index contributed by atoms with van der Waals surface area (Å²) in [6, 6.07) is 12.7. The van der Waals surface area contributed by atoms with Crippen molar-refractivity contribution in [1.82, 2.24) is 10.6 Å². The fraction of sp³-hybridized carbons (Fsp3) is 0.263. The highest BCUT2D eigenvalue weighted by Gasteiger charge is 2.24. The van der Waals surface area contributed by atoms with E-state index in [0.717, 1.165) is 28.1 Å². The predicted octanol–water partition coefficient (Wildman–Crippen LogP) is 3.32. The van der Waals surface area contributed by atoms with Crippen molar-refractivity contribution in [2.24, 2.45) is 0 Å². The SMILES string of the molecule is Cc1cc(-c2cccc(C(=O)N[C@@H]3CCCNC3=O)c2)ccc1Cl. The lowest BCUT2D eigenvalue weighted by molar-refractivity contribution is -0.124. The molecule has 1 fully saturated rings. The van der Waals surface area contributed by atoms with Gasteiger partial charge in [-0.1, -0.05) is 29.8 Å². The molecule has 0 radical (unpaired) electrons. The van der Waals surface area contributed by atoms with Crippen LogP contribution in [-0.2, 0) is 4.79 Å². The maximum absolute atomic E-state index is 12.5. The van der Waals surface area contributed by atoms with Gasteiger partial charge in [0.1, 0.15) is 6.04 Å². The maximum Gasteiger partial charge on any atom is 0.251 e. The van der Waals surface area contributed by atoms with Gasteiger partial charge in [-0.15, -0.1) is 0 Å². The van der Waals surface area contributed by atoms with E-state index >= 15 is 0 Å². The van der Waals surface area contributed by atoms with Crippen LogP contribution in [0, 0.1) is 6.92 Å². The van der Waals surface area contributed by atoms with E-state index in [1.807, 2.05) is 43.3 Å². The zero-order valence-electron chi connectivity index (χ0n) is 13.4. The number of benzene rings is 2. The molecular formula is C19H19ClN2O2. The quantitative estimate of drug-likeness (QED) is 0.899. The Labute approximate surface area is 146 Å². The van der Waals surface area contributed by atoms with Crippen molar-refractivity contribution in [3.05, 3.63) is 58.6 Å². The summed E-state index contributed by atoms with van der Waals surface area (Å²) < 4.78 is 0. The van der Waals surface area contributed by atoms with Crippen LogP contribution in [0.2, 0.25) is 5.02 Å². The Morgan fingerprint density at radius 1 is 1.21 bits per heavy atom. The third-order valence-electron chi connectivity index (χ3n) is 4.21. The largest absolute Gasteiger partial charge is 0.354 e. The second-order valence-electron chi connectivity index (χ2n) is 6.00. The normalized spacial score (nSPS) is 17.2. The van der Waals surface area contributed by atoms with Crippen LogP contribution in [-0.4, -0.2) is 24.4 Å². The second kappa shape index (κ2) is 7.05. The van der Waals surface area contributed by atoms with E-state index in [1.54, 1.807) is 6.07 Å². The van der Waals surface area contributed by atoms with Crippen LogP contribution in [0.15, 0.2) is 42.5 Å². The van der Waals surface area contributed by atoms with E-state index in [1.165, 1.54) is 0 Å². The molecule has 1 saturated heterocycles. The molecule has 0 aromatic heterocycles. The summed E-state index contributed by atoms with van der Waals surface area (Å²) in [5.74, 6) is -0.344. The Kier molecular flexibility index (Phi) is 4.86. The molecule has 0 unspecified atom stereocenters. The number of aryl methyl sites for hydroxylation is 1. The zero-order valence-corrected chi connectivity index (χ0v) is 14.2. The number of carbonyl (C=O) groups excluding carboxylic acids is 2. The predicted molar refractivity (Wildman–Crippen MR) is 95.1 cm³/mol. The van der Waals surface area contributed by atoms with Gasteiger partial charge in [-0.05, 0) is 60.7 Å². The molecule has 24 heavy (non-hydrogen) atoms. The van der Waals surface area contributed by atoms with Crippen LogP contribution < -0.4 is 10.6 Å². The number of hydrogen-bond acceptors (Lipinski definition) is 2. The van der Waals surface area contributed by atoms with Gasteiger partial charge in [-0.2, -0.15) is 0 Å². The molecule has 0 spiro atoms. The summed E-state index contributed by atoms with van der Waals surface area (Å²) in [7, 11) is 0. The Morgan fingerprint density at radius 3 is 2.75 bits per heavy atom. The lowest BCUT2D eigenvalue weighted by Crippen LogP contribution is -2.50. The van der Waals surface area contributed by atoms with Gasteiger partial charge in [0.15, 0.2) is 0 Å². The summed E-state index contributed by atoms with van der Waals surface area (Å²) in [6.07, 6.45) is 1.55. The third kappa shape index (κ3) is 3.60. The first kappa shape index (κ1) is 16.5. The Hall–Kier alpha value is -2.33. The van der Waals surface area contributed by atoms with E-state index in [0.29, 0.717) is 18.5 Å². The molecule has 0 saturated carbocycles. The van der Waals surface area contributed by atoms with Crippen molar-refractivity contribution in [2.75, 3.05) is 6.54 Å². The first-order valence-corrected chi connectivity index (χ1v) is 8.37. The molecular weight excluding hydrogens is 324 g/mol. The molecule has 1 heterocycles. The van der Waals surface area contributed by atoms with Crippen LogP contribution in [0.3, 0.4) is 0 Å². The molecule has 1 atom stereocenters. The van der Waals surface area contributed by atoms with E-state index in [2.05, 4.69) is 10.6 Å². The fourth-order valence-electron chi connectivity index (χ4n) is 2.82. The van der Waals surface area contributed by atoms with Crippen LogP contribution in [0.1, 0.15) is 28.8 Å². The number of piperidine rings is 1. The number of rotatable bonds is 3. The van der Waals surface area contributed by atoms with Crippen molar-refractivity contribution in [3.63, 3.8) is 0 Å². The van der Waals surface area contributed by atoms with Crippen LogP contribution in [0.5, 0.6) is 0 Å². The van der Waals surface area contributed by atoms with Crippen molar-refractivity contribution in [3.8, 4) is 11.1 Å². The molecule has 4 nitrogen and oxygen atoms in total. The summed E-state index contributed by atoms with van der Waals surface area (Å²) in [5.41, 5.74) is 3.47. The van der Waals surface area contributed by atoms with E-state index < -0.39 is 6.04 Å². The number of amides is 2. The molecule has 0 bridgehead atoms. The highest BCUT2D eigenvalue weighted by atomic mass is 35.5. The van der Waals surface area contributed by atoms with Gasteiger partial charge >= 0.3 is 0 Å². The Bertz CT molecular complexity index is 789. The lowest BCUT2D eigenvalue weighted by atomic mass is 10.0. The van der Waals surface area contributed by atoms with Crippen LogP contribution >= 0.6 is 11.6 Å². The van der Waals surface area contributed by atoms with E-state index in [9.17, 15) is 9.59 Å². The summed E-state index contributed by atoms with van der Waals surface area (Å²) in [4.78, 5) is 24.2. The van der Waals surface area contributed by atoms with Crippen molar-refractivity contribution >= 4 is 23.4 Å². The van der Waals surface area contributed by atoms with Gasteiger partial charge in [0.05, 0.1) is 0 Å². The Morgan fingerprint density at radius 2 is 2.00 bits per heavy atom. The lowest BCUT2D eigenvalue weighted by Gasteiger charge is -2.22. The highest BCUT2D eigenvalue weighted by molar-refractivity contribution is 6.31. The average molecular weight is 343 g/mol. The molecule has 2 N–H and O–H groups in total. The molecule has 2 aromatic rings. The minimum Gasteiger partial charge on any atom is -0.354 e. The molecule has 1 aliphatic rings. The summed E-state index contributed by atoms with van der Waals surface area (Å²) in [5, 5.41) is 6.30. The van der Waals surface area contributed by atoms with Gasteiger partial charge < -0.3 is 10.6 Å². The minimum absolute atomic E-state index is 0.112. The van der Waals surface area contributed by atoms with Gasteiger partial charge in [0.2, 0.25) is 5.91 Å². The number of halogens is 1. The van der Waals surface area contributed by atoms with Crippen LogP contribution in [0.4, 0.5) is 0 Å². The van der Waals surface area contributed by atoms with Crippen molar-refractivity contribution in [2.45, 2.75) is 25.8 Å². The molecule has 1 aliphatic heterocycles. The van der Waals surface area contributed by atoms with E-state index in [-0.39, 0.29) is 11.8 Å². The topological polar surface area (TPSA) is 58.2 Å². The van der Waals surface area contributed by atoms with Crippen molar-refractivity contribution in [1.29, 1.82) is 0 Å². The summed E-state index contributed by atoms with van der Waals surface area (Å²) >= 11 is 6.07. The van der Waals surface area contributed by atoms with Gasteiger partial charge in [0.25, 0.3) is 5.91 Å². The second-order valence-corrected chi connectivity index (χ2v) is 6.41. The number of nitrogens with one attached hydrogen (secondary N) is 2. The number of carbonyl (C=O) groups is 2. The van der Waals surface area contributed by atoms with Gasteiger partial charge in [-0.25, -0.2) is 0 Å². The fourth-order valence-corrected chi connectivity index (χ4v) is 2.93. The Balaban J connectivity index is 1.80. The molecule has 2 amide bonds. The van der Waals surface area contributed by atoms with Crippen LogP contribution in [0.25, 0.3) is 11.1 Å². The zero-order chi connectivity index (χ0) is 17.1. The van der Waals surface area contributed by atoms with Gasteiger partial charge in [0, 0.05) is 17.1 Å². The standard InChI is InChI=1S/C19H19ClN2O2/c1-12-10-14(7-8-16(12)20)13-4-2-5-15(11-13)18(23)22-17-6-3-9-21-19(17)24/h2,4-5,7-8,10-11,17H,3,6,9H2,1H3,(H,21,24)(H,22,23)/t17-/m1/s1. The molecule has 124 valence electrons. The average Bonchev–Trinajstić information content (AvgIpc) is 2.59. The monoisotopic (exact) mass is 342 g/mol. The third-order valence-corrected chi connectivity index (χ3v) is 4.63.